The van der Waals surface area contributed by atoms with Crippen molar-refractivity contribution in [1.29, 1.82) is 0 Å². The van der Waals surface area contributed by atoms with E-state index in [9.17, 15) is 0 Å². The third-order valence-corrected chi connectivity index (χ3v) is 3.03. The molecule has 1 aromatic carbocycles. The molecular weight excluding hydrogens is 278 g/mol. The molecule has 1 heterocycles. The number of nitrogens with zero attached hydrogens (tertiary/aromatic N) is 2. The molecule has 0 spiro atoms. The highest BCUT2D eigenvalue weighted by Crippen LogP contribution is 2.26. The first-order valence-corrected chi connectivity index (χ1v) is 6.38. The fourth-order valence-electron chi connectivity index (χ4n) is 1.75. The average molecular weight is 292 g/mol. The van der Waals surface area contributed by atoms with Gasteiger partial charge in [-0.25, -0.2) is 0 Å². The molecule has 0 aliphatic carbocycles. The first kappa shape index (κ1) is 14.1. The number of oxime groups is 1. The van der Waals surface area contributed by atoms with E-state index in [0.29, 0.717) is 29.4 Å². The van der Waals surface area contributed by atoms with Gasteiger partial charge in [0.1, 0.15) is 5.75 Å². The van der Waals surface area contributed by atoms with Crippen molar-refractivity contribution in [2.45, 2.75) is 6.42 Å². The van der Waals surface area contributed by atoms with E-state index < -0.39 is 0 Å². The van der Waals surface area contributed by atoms with Crippen molar-refractivity contribution in [3.63, 3.8) is 0 Å². The Morgan fingerprint density at radius 3 is 2.90 bits per heavy atom. The fraction of sp³-hybridized carbons (Fsp3) is 0.143. The molecule has 1 aromatic heterocycles. The average Bonchev–Trinajstić information content (AvgIpc) is 2.48. The largest absolute Gasteiger partial charge is 0.492 e. The second kappa shape index (κ2) is 6.77. The van der Waals surface area contributed by atoms with Gasteiger partial charge >= 0.3 is 0 Å². The number of nitrogens with two attached hydrogens (primary N) is 1. The quantitative estimate of drug-likeness (QED) is 0.384. The summed E-state index contributed by atoms with van der Waals surface area (Å²) >= 11 is 6.04. The molecule has 0 saturated heterocycles. The third-order valence-electron chi connectivity index (χ3n) is 2.71. The van der Waals surface area contributed by atoms with Crippen molar-refractivity contribution in [3.05, 3.63) is 58.9 Å². The highest BCUT2D eigenvalue weighted by molar-refractivity contribution is 6.34. The van der Waals surface area contributed by atoms with Crippen LogP contribution in [0.2, 0.25) is 5.02 Å². The Morgan fingerprint density at radius 1 is 1.35 bits per heavy atom. The number of rotatable bonds is 5. The summed E-state index contributed by atoms with van der Waals surface area (Å²) in [5, 5.41) is 12.1. The standard InChI is InChI=1S/C14H14ClN3O2/c15-11-4-1-5-12(13(11)14(16)18-19)20-8-6-10-3-2-7-17-9-10/h1-5,7,9,19H,6,8H2,(H2,16,18). The van der Waals surface area contributed by atoms with Gasteiger partial charge in [0.05, 0.1) is 17.2 Å². The molecule has 3 N–H and O–H groups in total. The first-order chi connectivity index (χ1) is 9.72. The number of pyridine rings is 1. The van der Waals surface area contributed by atoms with Crippen LogP contribution in [-0.4, -0.2) is 22.6 Å². The Kier molecular flexibility index (Phi) is 4.79. The number of hydrogen-bond acceptors (Lipinski definition) is 4. The van der Waals surface area contributed by atoms with Crippen LogP contribution in [0.1, 0.15) is 11.1 Å². The lowest BCUT2D eigenvalue weighted by atomic mass is 10.2. The topological polar surface area (TPSA) is 80.7 Å². The maximum atomic E-state index is 8.78. The van der Waals surface area contributed by atoms with E-state index in [1.165, 1.54) is 0 Å². The van der Waals surface area contributed by atoms with Gasteiger partial charge in [0, 0.05) is 18.8 Å². The van der Waals surface area contributed by atoms with Gasteiger partial charge in [-0.05, 0) is 23.8 Å². The van der Waals surface area contributed by atoms with Gasteiger partial charge < -0.3 is 15.7 Å². The molecule has 6 heteroatoms. The predicted octanol–water partition coefficient (Wildman–Crippen LogP) is 2.45. The van der Waals surface area contributed by atoms with E-state index in [1.54, 1.807) is 30.6 Å². The SMILES string of the molecule is N/C(=N/O)c1c(Cl)cccc1OCCc1cccnc1. The van der Waals surface area contributed by atoms with Crippen LogP contribution < -0.4 is 10.5 Å². The minimum Gasteiger partial charge on any atom is -0.492 e. The predicted molar refractivity (Wildman–Crippen MR) is 77.4 cm³/mol. The maximum absolute atomic E-state index is 8.78. The molecule has 20 heavy (non-hydrogen) atoms. The molecule has 0 atom stereocenters. The molecule has 0 radical (unpaired) electrons. The summed E-state index contributed by atoms with van der Waals surface area (Å²) in [6, 6.07) is 8.97. The van der Waals surface area contributed by atoms with Gasteiger partial charge in [-0.15, -0.1) is 0 Å². The summed E-state index contributed by atoms with van der Waals surface area (Å²) in [5.41, 5.74) is 7.07. The van der Waals surface area contributed by atoms with Crippen molar-refractivity contribution in [1.82, 2.24) is 4.98 Å². The lowest BCUT2D eigenvalue weighted by Gasteiger charge is -2.11. The number of ether oxygens (including phenoxy) is 1. The fourth-order valence-corrected chi connectivity index (χ4v) is 2.01. The van der Waals surface area contributed by atoms with Crippen LogP contribution in [0.5, 0.6) is 5.75 Å². The van der Waals surface area contributed by atoms with Gasteiger partial charge in [-0.2, -0.15) is 0 Å². The van der Waals surface area contributed by atoms with Gasteiger partial charge in [-0.1, -0.05) is 28.9 Å². The zero-order valence-corrected chi connectivity index (χ0v) is 11.4. The number of halogens is 1. The Bertz CT molecular complexity index is 603. The van der Waals surface area contributed by atoms with Crippen LogP contribution in [0.3, 0.4) is 0 Å². The van der Waals surface area contributed by atoms with E-state index in [0.717, 1.165) is 5.56 Å². The van der Waals surface area contributed by atoms with Crippen LogP contribution in [0.25, 0.3) is 0 Å². The zero-order chi connectivity index (χ0) is 14.4. The summed E-state index contributed by atoms with van der Waals surface area (Å²) in [4.78, 5) is 4.03. The Hall–Kier alpha value is -2.27. The van der Waals surface area contributed by atoms with Crippen LogP contribution in [0, 0.1) is 0 Å². The first-order valence-electron chi connectivity index (χ1n) is 6.00. The van der Waals surface area contributed by atoms with Crippen LogP contribution in [0.15, 0.2) is 47.9 Å². The summed E-state index contributed by atoms with van der Waals surface area (Å²) in [6.07, 6.45) is 4.21. The van der Waals surface area contributed by atoms with E-state index in [-0.39, 0.29) is 5.84 Å². The molecule has 2 aromatic rings. The lowest BCUT2D eigenvalue weighted by Crippen LogP contribution is -2.16. The van der Waals surface area contributed by atoms with Crippen LogP contribution >= 0.6 is 11.6 Å². The van der Waals surface area contributed by atoms with Crippen LogP contribution in [0.4, 0.5) is 0 Å². The second-order valence-electron chi connectivity index (χ2n) is 4.06. The molecule has 0 unspecified atom stereocenters. The lowest BCUT2D eigenvalue weighted by molar-refractivity contribution is 0.313. The molecule has 0 aliphatic heterocycles. The number of hydrogen-bond donors (Lipinski definition) is 2. The smallest absolute Gasteiger partial charge is 0.175 e. The minimum absolute atomic E-state index is 0.0769. The summed E-state index contributed by atoms with van der Waals surface area (Å²) in [7, 11) is 0. The van der Waals surface area contributed by atoms with Crippen molar-refractivity contribution >= 4 is 17.4 Å². The molecular formula is C14H14ClN3O2. The van der Waals surface area contributed by atoms with Gasteiger partial charge in [-0.3, -0.25) is 4.98 Å². The summed E-state index contributed by atoms with van der Waals surface area (Å²) < 4.78 is 5.66. The number of benzene rings is 1. The number of amidine groups is 1. The highest BCUT2D eigenvalue weighted by atomic mass is 35.5. The normalized spacial score (nSPS) is 11.3. The minimum atomic E-state index is -0.0769. The third kappa shape index (κ3) is 3.39. The molecule has 2 rings (SSSR count). The van der Waals surface area contributed by atoms with Gasteiger partial charge in [0.15, 0.2) is 5.84 Å². The van der Waals surface area contributed by atoms with Gasteiger partial charge in [0.2, 0.25) is 0 Å². The van der Waals surface area contributed by atoms with Crippen molar-refractivity contribution in [2.24, 2.45) is 10.9 Å². The summed E-state index contributed by atoms with van der Waals surface area (Å²) in [5.74, 6) is 0.406. The molecule has 5 nitrogen and oxygen atoms in total. The van der Waals surface area contributed by atoms with E-state index >= 15 is 0 Å². The molecule has 0 aliphatic rings. The van der Waals surface area contributed by atoms with Gasteiger partial charge in [0.25, 0.3) is 0 Å². The highest BCUT2D eigenvalue weighted by Gasteiger charge is 2.12. The van der Waals surface area contributed by atoms with E-state index in [2.05, 4.69) is 10.1 Å². The second-order valence-corrected chi connectivity index (χ2v) is 4.47. The Labute approximate surface area is 121 Å². The van der Waals surface area contributed by atoms with E-state index in [1.807, 2.05) is 12.1 Å². The summed E-state index contributed by atoms with van der Waals surface area (Å²) in [6.45, 7) is 0.442. The molecule has 0 amide bonds. The molecule has 0 fully saturated rings. The zero-order valence-electron chi connectivity index (χ0n) is 10.7. The molecule has 0 saturated carbocycles. The molecule has 104 valence electrons. The van der Waals surface area contributed by atoms with E-state index in [4.69, 9.17) is 27.3 Å². The molecule has 0 bridgehead atoms. The number of aromatic nitrogens is 1. The maximum Gasteiger partial charge on any atom is 0.175 e. The Balaban J connectivity index is 2.08. The Morgan fingerprint density at radius 2 is 2.20 bits per heavy atom. The van der Waals surface area contributed by atoms with Crippen molar-refractivity contribution in [2.75, 3.05) is 6.61 Å². The van der Waals surface area contributed by atoms with Crippen molar-refractivity contribution < 1.29 is 9.94 Å². The monoisotopic (exact) mass is 291 g/mol. The van der Waals surface area contributed by atoms with Crippen LogP contribution in [-0.2, 0) is 6.42 Å². The van der Waals surface area contributed by atoms with Crippen molar-refractivity contribution in [3.8, 4) is 5.75 Å².